The number of likely N-dealkylation sites (tertiary alicyclic amines) is 1. The van der Waals surface area contributed by atoms with E-state index in [0.29, 0.717) is 19.5 Å². The molecule has 2 aliphatic rings. The van der Waals surface area contributed by atoms with E-state index in [1.165, 1.54) is 0 Å². The summed E-state index contributed by atoms with van der Waals surface area (Å²) < 4.78 is 0. The lowest BCUT2D eigenvalue weighted by atomic mass is 9.67. The summed E-state index contributed by atoms with van der Waals surface area (Å²) in [6.45, 7) is 2.54. The number of carboxylic acid groups (broad SMARTS) is 1. The molecule has 1 saturated carbocycles. The number of aliphatic carboxylic acids is 1. The summed E-state index contributed by atoms with van der Waals surface area (Å²) in [6.07, 6.45) is 4.90. The molecule has 1 atom stereocenters. The number of carbonyl (C=O) groups is 2. The van der Waals surface area contributed by atoms with Crippen LogP contribution in [0.3, 0.4) is 0 Å². The molecule has 0 aromatic carbocycles. The van der Waals surface area contributed by atoms with E-state index in [1.807, 2.05) is 0 Å². The molecule has 0 spiro atoms. The Morgan fingerprint density at radius 1 is 1.22 bits per heavy atom. The SMILES string of the molecule is CC1(C(=O)O)CCCCN1C(=O)C1(CN)CCC1. The molecular weight excluding hydrogens is 232 g/mol. The lowest BCUT2D eigenvalue weighted by molar-refractivity contribution is -0.168. The number of rotatable bonds is 3. The number of hydrogen-bond donors (Lipinski definition) is 2. The third kappa shape index (κ3) is 1.81. The van der Waals surface area contributed by atoms with Crippen molar-refractivity contribution in [2.75, 3.05) is 13.1 Å². The van der Waals surface area contributed by atoms with Crippen molar-refractivity contribution in [1.29, 1.82) is 0 Å². The fourth-order valence-electron chi connectivity index (χ4n) is 3.06. The van der Waals surface area contributed by atoms with Crippen LogP contribution in [0.4, 0.5) is 0 Å². The molecule has 1 heterocycles. The Hall–Kier alpha value is -1.10. The van der Waals surface area contributed by atoms with E-state index in [2.05, 4.69) is 0 Å². The zero-order valence-electron chi connectivity index (χ0n) is 10.9. The van der Waals surface area contributed by atoms with Crippen molar-refractivity contribution in [3.63, 3.8) is 0 Å². The van der Waals surface area contributed by atoms with Gasteiger partial charge in [-0.25, -0.2) is 4.79 Å². The highest BCUT2D eigenvalue weighted by atomic mass is 16.4. The standard InChI is InChI=1S/C13H22N2O3/c1-12(11(17)18)5-2-3-8-15(12)10(16)13(9-14)6-4-7-13/h2-9,14H2,1H3,(H,17,18). The van der Waals surface area contributed by atoms with E-state index in [0.717, 1.165) is 32.1 Å². The quantitative estimate of drug-likeness (QED) is 0.786. The maximum Gasteiger partial charge on any atom is 0.329 e. The summed E-state index contributed by atoms with van der Waals surface area (Å²) in [4.78, 5) is 25.7. The van der Waals surface area contributed by atoms with Crippen LogP contribution in [0.5, 0.6) is 0 Å². The summed E-state index contributed by atoms with van der Waals surface area (Å²) in [5, 5.41) is 9.42. The first kappa shape index (κ1) is 13.3. The van der Waals surface area contributed by atoms with Gasteiger partial charge in [-0.3, -0.25) is 4.79 Å². The number of amides is 1. The minimum atomic E-state index is -1.05. The molecular formula is C13H22N2O3. The molecule has 3 N–H and O–H groups in total. The van der Waals surface area contributed by atoms with Crippen LogP contribution in [-0.2, 0) is 9.59 Å². The molecule has 1 aliphatic carbocycles. The molecule has 2 fully saturated rings. The second-order valence-electron chi connectivity index (χ2n) is 5.83. The summed E-state index contributed by atoms with van der Waals surface area (Å²) >= 11 is 0. The number of carbonyl (C=O) groups excluding carboxylic acids is 1. The molecule has 1 aliphatic heterocycles. The highest BCUT2D eigenvalue weighted by molar-refractivity contribution is 5.90. The Balaban J connectivity index is 2.24. The van der Waals surface area contributed by atoms with Gasteiger partial charge in [0.2, 0.25) is 5.91 Å². The molecule has 1 amide bonds. The average molecular weight is 254 g/mol. The van der Waals surface area contributed by atoms with Crippen LogP contribution in [-0.4, -0.2) is 40.5 Å². The fraction of sp³-hybridized carbons (Fsp3) is 0.846. The van der Waals surface area contributed by atoms with Gasteiger partial charge in [0.15, 0.2) is 0 Å². The highest BCUT2D eigenvalue weighted by Crippen LogP contribution is 2.44. The largest absolute Gasteiger partial charge is 0.480 e. The normalized spacial score (nSPS) is 30.7. The highest BCUT2D eigenvalue weighted by Gasteiger charge is 2.52. The summed E-state index contributed by atoms with van der Waals surface area (Å²) in [5.41, 5.74) is 4.22. The summed E-state index contributed by atoms with van der Waals surface area (Å²) in [7, 11) is 0. The van der Waals surface area contributed by atoms with Crippen LogP contribution in [0.25, 0.3) is 0 Å². The number of piperidine rings is 1. The molecule has 5 nitrogen and oxygen atoms in total. The van der Waals surface area contributed by atoms with Crippen LogP contribution in [0.1, 0.15) is 45.4 Å². The Labute approximate surface area is 107 Å². The molecule has 0 aromatic heterocycles. The molecule has 102 valence electrons. The van der Waals surface area contributed by atoms with Crippen molar-refractivity contribution in [1.82, 2.24) is 4.90 Å². The van der Waals surface area contributed by atoms with Gasteiger partial charge in [0.05, 0.1) is 5.41 Å². The zero-order valence-corrected chi connectivity index (χ0v) is 10.9. The van der Waals surface area contributed by atoms with E-state index < -0.39 is 16.9 Å². The molecule has 18 heavy (non-hydrogen) atoms. The summed E-state index contributed by atoms with van der Waals surface area (Å²) in [5.74, 6) is -0.942. The van der Waals surface area contributed by atoms with Crippen molar-refractivity contribution in [3.05, 3.63) is 0 Å². The number of nitrogens with zero attached hydrogens (tertiary/aromatic N) is 1. The number of hydrogen-bond acceptors (Lipinski definition) is 3. The van der Waals surface area contributed by atoms with Gasteiger partial charge in [-0.1, -0.05) is 6.42 Å². The van der Waals surface area contributed by atoms with E-state index in [1.54, 1.807) is 11.8 Å². The maximum absolute atomic E-state index is 12.6. The monoisotopic (exact) mass is 254 g/mol. The molecule has 1 unspecified atom stereocenters. The molecule has 1 saturated heterocycles. The van der Waals surface area contributed by atoms with Crippen LogP contribution in [0.15, 0.2) is 0 Å². The fourth-order valence-corrected chi connectivity index (χ4v) is 3.06. The third-order valence-corrected chi connectivity index (χ3v) is 4.75. The van der Waals surface area contributed by atoms with Gasteiger partial charge >= 0.3 is 5.97 Å². The van der Waals surface area contributed by atoms with Crippen LogP contribution in [0.2, 0.25) is 0 Å². The number of carboxylic acids is 1. The smallest absolute Gasteiger partial charge is 0.329 e. The van der Waals surface area contributed by atoms with Crippen molar-refractivity contribution in [2.24, 2.45) is 11.1 Å². The van der Waals surface area contributed by atoms with Gasteiger partial charge in [-0.2, -0.15) is 0 Å². The Kier molecular flexibility index (Phi) is 3.36. The zero-order chi connectivity index (χ0) is 13.4. The predicted octanol–water partition coefficient (Wildman–Crippen LogP) is 0.971. The first-order valence-corrected chi connectivity index (χ1v) is 6.72. The van der Waals surface area contributed by atoms with Crippen molar-refractivity contribution in [2.45, 2.75) is 51.0 Å². The van der Waals surface area contributed by atoms with Crippen molar-refractivity contribution >= 4 is 11.9 Å². The number of nitrogens with two attached hydrogens (primary N) is 1. The molecule has 0 radical (unpaired) electrons. The van der Waals surface area contributed by atoms with Crippen LogP contribution < -0.4 is 5.73 Å². The molecule has 0 aromatic rings. The van der Waals surface area contributed by atoms with Gasteiger partial charge in [-0.05, 0) is 39.0 Å². The minimum absolute atomic E-state index is 0.0409. The third-order valence-electron chi connectivity index (χ3n) is 4.75. The molecule has 0 bridgehead atoms. The van der Waals surface area contributed by atoms with Crippen molar-refractivity contribution in [3.8, 4) is 0 Å². The average Bonchev–Trinajstić information content (AvgIpc) is 2.28. The second kappa shape index (κ2) is 4.53. The van der Waals surface area contributed by atoms with Crippen LogP contribution in [0, 0.1) is 5.41 Å². The van der Waals surface area contributed by atoms with Crippen LogP contribution >= 0.6 is 0 Å². The first-order chi connectivity index (χ1) is 8.46. The van der Waals surface area contributed by atoms with E-state index in [4.69, 9.17) is 5.73 Å². The second-order valence-corrected chi connectivity index (χ2v) is 5.83. The Morgan fingerprint density at radius 3 is 2.33 bits per heavy atom. The molecule has 5 heteroatoms. The van der Waals surface area contributed by atoms with Gasteiger partial charge in [0.1, 0.15) is 5.54 Å². The Morgan fingerprint density at radius 2 is 1.89 bits per heavy atom. The van der Waals surface area contributed by atoms with Gasteiger partial charge in [0, 0.05) is 13.1 Å². The lowest BCUT2D eigenvalue weighted by Crippen LogP contribution is -2.63. The lowest BCUT2D eigenvalue weighted by Gasteiger charge is -2.49. The molecule has 2 rings (SSSR count). The van der Waals surface area contributed by atoms with E-state index >= 15 is 0 Å². The Bertz CT molecular complexity index is 360. The topological polar surface area (TPSA) is 83.6 Å². The first-order valence-electron chi connectivity index (χ1n) is 6.72. The van der Waals surface area contributed by atoms with Gasteiger partial charge < -0.3 is 15.7 Å². The minimum Gasteiger partial charge on any atom is -0.480 e. The summed E-state index contributed by atoms with van der Waals surface area (Å²) in [6, 6.07) is 0. The van der Waals surface area contributed by atoms with Gasteiger partial charge in [-0.15, -0.1) is 0 Å². The van der Waals surface area contributed by atoms with E-state index in [-0.39, 0.29) is 5.91 Å². The van der Waals surface area contributed by atoms with Gasteiger partial charge in [0.25, 0.3) is 0 Å². The maximum atomic E-state index is 12.6. The predicted molar refractivity (Wildman–Crippen MR) is 66.9 cm³/mol. The van der Waals surface area contributed by atoms with Crippen molar-refractivity contribution < 1.29 is 14.7 Å². The van der Waals surface area contributed by atoms with E-state index in [9.17, 15) is 14.7 Å².